The molecule has 0 aliphatic heterocycles. The molecule has 0 saturated heterocycles. The molecular formula is C18H20N2O4S. The number of nitrogens with zero attached hydrogens (tertiary/aromatic N) is 1. The van der Waals surface area contributed by atoms with Crippen LogP contribution in [0.1, 0.15) is 12.6 Å². The maximum Gasteiger partial charge on any atom is 0.245 e. The van der Waals surface area contributed by atoms with Crippen LogP contribution in [0.3, 0.4) is 0 Å². The summed E-state index contributed by atoms with van der Waals surface area (Å²) >= 11 is 0. The summed E-state index contributed by atoms with van der Waals surface area (Å²) in [6.07, 6.45) is 1.62. The van der Waals surface area contributed by atoms with Gasteiger partial charge in [0.2, 0.25) is 10.0 Å². The first kappa shape index (κ1) is 18.8. The second kappa shape index (κ2) is 9.06. The van der Waals surface area contributed by atoms with E-state index in [4.69, 9.17) is 9.47 Å². The van der Waals surface area contributed by atoms with Crippen molar-refractivity contribution in [2.24, 2.45) is 0 Å². The van der Waals surface area contributed by atoms with Gasteiger partial charge in [-0.25, -0.2) is 8.42 Å². The molecule has 0 spiro atoms. The summed E-state index contributed by atoms with van der Waals surface area (Å²) in [5.41, 5.74) is 0.903. The number of aromatic nitrogens is 1. The molecule has 1 aromatic heterocycles. The van der Waals surface area contributed by atoms with Crippen LogP contribution in [0.2, 0.25) is 0 Å². The molecule has 0 radical (unpaired) electrons. The Morgan fingerprint density at radius 2 is 1.92 bits per heavy atom. The molecule has 1 N–H and O–H groups in total. The lowest BCUT2D eigenvalue weighted by Gasteiger charge is -2.10. The molecule has 2 rings (SSSR count). The van der Waals surface area contributed by atoms with E-state index in [1.54, 1.807) is 37.4 Å². The molecule has 0 amide bonds. The van der Waals surface area contributed by atoms with Crippen molar-refractivity contribution in [2.45, 2.75) is 18.7 Å². The maximum atomic E-state index is 12.3. The van der Waals surface area contributed by atoms with Crippen LogP contribution >= 0.6 is 0 Å². The Morgan fingerprint density at radius 3 is 2.64 bits per heavy atom. The van der Waals surface area contributed by atoms with Crippen molar-refractivity contribution in [3.8, 4) is 23.3 Å². The lowest BCUT2D eigenvalue weighted by Crippen LogP contribution is -2.24. The van der Waals surface area contributed by atoms with E-state index in [0.717, 1.165) is 5.69 Å². The van der Waals surface area contributed by atoms with Crippen molar-refractivity contribution >= 4 is 10.0 Å². The van der Waals surface area contributed by atoms with E-state index in [0.29, 0.717) is 18.1 Å². The summed E-state index contributed by atoms with van der Waals surface area (Å²) in [6, 6.07) is 10.1. The summed E-state index contributed by atoms with van der Waals surface area (Å²) in [5.74, 6) is 6.41. The van der Waals surface area contributed by atoms with Gasteiger partial charge in [-0.1, -0.05) is 24.0 Å². The maximum absolute atomic E-state index is 12.3. The summed E-state index contributed by atoms with van der Waals surface area (Å²) in [5, 5.41) is 0. The van der Waals surface area contributed by atoms with Crippen LogP contribution in [0.4, 0.5) is 0 Å². The Hall–Kier alpha value is -2.56. The normalized spacial score (nSPS) is 10.6. The molecule has 0 aliphatic rings. The van der Waals surface area contributed by atoms with Crippen molar-refractivity contribution in [3.63, 3.8) is 0 Å². The second-order valence-electron chi connectivity index (χ2n) is 4.98. The number of pyridine rings is 1. The number of nitrogens with one attached hydrogen (secondary N) is 1. The minimum Gasteiger partial charge on any atom is -0.492 e. The van der Waals surface area contributed by atoms with E-state index in [2.05, 4.69) is 21.5 Å². The zero-order chi connectivity index (χ0) is 18.1. The van der Waals surface area contributed by atoms with Gasteiger partial charge in [0.15, 0.2) is 0 Å². The van der Waals surface area contributed by atoms with Gasteiger partial charge in [0.1, 0.15) is 23.0 Å². The molecule has 0 unspecified atom stereocenters. The van der Waals surface area contributed by atoms with E-state index in [9.17, 15) is 8.42 Å². The first-order valence-electron chi connectivity index (χ1n) is 7.75. The van der Waals surface area contributed by atoms with E-state index in [1.165, 1.54) is 6.07 Å². The fourth-order valence-corrected chi connectivity index (χ4v) is 3.00. The zero-order valence-corrected chi connectivity index (χ0v) is 15.0. The average Bonchev–Trinajstić information content (AvgIpc) is 2.60. The van der Waals surface area contributed by atoms with E-state index < -0.39 is 10.0 Å². The van der Waals surface area contributed by atoms with Crippen molar-refractivity contribution in [2.75, 3.05) is 19.8 Å². The largest absolute Gasteiger partial charge is 0.492 e. The number of para-hydroxylation sites is 1. The second-order valence-corrected chi connectivity index (χ2v) is 6.72. The van der Waals surface area contributed by atoms with Gasteiger partial charge in [0.05, 0.1) is 19.3 Å². The minimum atomic E-state index is -3.69. The van der Waals surface area contributed by atoms with Crippen LogP contribution in [0, 0.1) is 18.8 Å². The molecule has 0 saturated carbocycles. The number of sulfonamides is 1. The Kier molecular flexibility index (Phi) is 6.81. The van der Waals surface area contributed by atoms with Crippen molar-refractivity contribution < 1.29 is 17.9 Å². The van der Waals surface area contributed by atoms with Gasteiger partial charge < -0.3 is 9.47 Å². The highest BCUT2D eigenvalue weighted by molar-refractivity contribution is 7.89. The molecule has 0 atom stereocenters. The van der Waals surface area contributed by atoms with Crippen LogP contribution in [-0.4, -0.2) is 33.2 Å². The van der Waals surface area contributed by atoms with Crippen LogP contribution in [0.15, 0.2) is 47.5 Å². The topological polar surface area (TPSA) is 77.5 Å². The van der Waals surface area contributed by atoms with Crippen molar-refractivity contribution in [1.82, 2.24) is 9.71 Å². The number of hydrogen-bond donors (Lipinski definition) is 1. The molecule has 2 aromatic rings. The highest BCUT2D eigenvalue weighted by Gasteiger charge is 2.17. The number of aryl methyl sites for hydroxylation is 1. The summed E-state index contributed by atoms with van der Waals surface area (Å²) in [4.78, 5) is 4.20. The predicted molar refractivity (Wildman–Crippen MR) is 95.0 cm³/mol. The quantitative estimate of drug-likeness (QED) is 0.766. The molecule has 1 aromatic carbocycles. The highest BCUT2D eigenvalue weighted by atomic mass is 32.2. The molecule has 0 bridgehead atoms. The van der Waals surface area contributed by atoms with Gasteiger partial charge in [-0.3, -0.25) is 4.98 Å². The van der Waals surface area contributed by atoms with Gasteiger partial charge in [0.25, 0.3) is 0 Å². The molecule has 6 nitrogen and oxygen atoms in total. The first-order valence-corrected chi connectivity index (χ1v) is 9.24. The fourth-order valence-electron chi connectivity index (χ4n) is 1.93. The molecular weight excluding hydrogens is 340 g/mol. The first-order chi connectivity index (χ1) is 12.0. The van der Waals surface area contributed by atoms with Crippen molar-refractivity contribution in [1.29, 1.82) is 0 Å². The number of benzene rings is 1. The molecule has 132 valence electrons. The van der Waals surface area contributed by atoms with Gasteiger partial charge in [0, 0.05) is 5.69 Å². The van der Waals surface area contributed by atoms with Crippen LogP contribution in [0.5, 0.6) is 11.5 Å². The van der Waals surface area contributed by atoms with Gasteiger partial charge >= 0.3 is 0 Å². The lowest BCUT2D eigenvalue weighted by molar-refractivity contribution is 0.331. The van der Waals surface area contributed by atoms with Gasteiger partial charge in [-0.05, 0) is 38.1 Å². The minimum absolute atomic E-state index is 0.0156. The van der Waals surface area contributed by atoms with E-state index in [1.807, 2.05) is 13.0 Å². The van der Waals surface area contributed by atoms with Crippen LogP contribution < -0.4 is 14.2 Å². The predicted octanol–water partition coefficient (Wildman–Crippen LogP) is 2.15. The summed E-state index contributed by atoms with van der Waals surface area (Å²) < 4.78 is 37.8. The molecule has 0 aliphatic carbocycles. The summed E-state index contributed by atoms with van der Waals surface area (Å²) in [6.45, 7) is 4.21. The Morgan fingerprint density at radius 1 is 1.12 bits per heavy atom. The van der Waals surface area contributed by atoms with E-state index >= 15 is 0 Å². The third-order valence-corrected chi connectivity index (χ3v) is 4.55. The highest BCUT2D eigenvalue weighted by Crippen LogP contribution is 2.22. The van der Waals surface area contributed by atoms with Gasteiger partial charge in [-0.2, -0.15) is 4.72 Å². The molecule has 25 heavy (non-hydrogen) atoms. The monoisotopic (exact) mass is 360 g/mol. The number of hydrogen-bond acceptors (Lipinski definition) is 5. The SMILES string of the molecule is CCOc1ccccc1S(=O)(=O)NCC#CCOc1ccc(C)nc1. The van der Waals surface area contributed by atoms with Crippen molar-refractivity contribution in [3.05, 3.63) is 48.3 Å². The lowest BCUT2D eigenvalue weighted by atomic mass is 10.3. The van der Waals surface area contributed by atoms with Gasteiger partial charge in [-0.15, -0.1) is 0 Å². The zero-order valence-electron chi connectivity index (χ0n) is 14.2. The molecule has 7 heteroatoms. The third-order valence-electron chi connectivity index (χ3n) is 3.11. The van der Waals surface area contributed by atoms with E-state index in [-0.39, 0.29) is 18.0 Å². The third kappa shape index (κ3) is 5.78. The molecule has 0 fully saturated rings. The number of rotatable bonds is 7. The number of ether oxygens (including phenoxy) is 2. The smallest absolute Gasteiger partial charge is 0.245 e. The van der Waals surface area contributed by atoms with Crippen LogP contribution in [0.25, 0.3) is 0 Å². The van der Waals surface area contributed by atoms with Crippen LogP contribution in [-0.2, 0) is 10.0 Å². The Balaban J connectivity index is 1.88. The average molecular weight is 360 g/mol. The standard InChI is InChI=1S/C18H20N2O4S/c1-3-23-17-8-4-5-9-18(17)25(21,22)20-12-6-7-13-24-16-11-10-15(2)19-14-16/h4-5,8-11,14,20H,3,12-13H2,1-2H3. The molecule has 1 heterocycles. The summed E-state index contributed by atoms with van der Waals surface area (Å²) in [7, 11) is -3.69. The Labute approximate surface area is 148 Å². The Bertz CT molecular complexity index is 853. The fraction of sp³-hybridized carbons (Fsp3) is 0.278.